The van der Waals surface area contributed by atoms with Crippen LogP contribution in [-0.2, 0) is 9.59 Å². The maximum Gasteiger partial charge on any atom is 0.260 e. The molecule has 2 heterocycles. The first kappa shape index (κ1) is 22.7. The molecule has 0 aliphatic carbocycles. The second-order valence-electron chi connectivity index (χ2n) is 8.61. The number of aliphatic imine (C=N–C) groups is 1. The molecule has 0 radical (unpaired) electrons. The maximum atomic E-state index is 13.2. The molecule has 2 aliphatic rings. The second kappa shape index (κ2) is 10.4. The van der Waals surface area contributed by atoms with Crippen LogP contribution in [0, 0.1) is 10.1 Å². The van der Waals surface area contributed by atoms with E-state index in [0.29, 0.717) is 18.7 Å². The summed E-state index contributed by atoms with van der Waals surface area (Å²) >= 11 is 0. The van der Waals surface area contributed by atoms with Crippen LogP contribution in [0.15, 0.2) is 47.5 Å². The molecule has 33 heavy (non-hydrogen) atoms. The SMILES string of the molecule is O=C(CN1CCCC[C@H](N=C(C[N+](=O)[O-])Nc2ccc3ccccc3c2)C1=O)N1CCCC1. The fourth-order valence-electron chi connectivity index (χ4n) is 4.45. The minimum Gasteiger partial charge on any atom is -0.341 e. The van der Waals surface area contributed by atoms with Crippen LogP contribution in [0.3, 0.4) is 0 Å². The molecule has 2 aromatic rings. The highest BCUT2D eigenvalue weighted by molar-refractivity contribution is 6.00. The first-order valence-electron chi connectivity index (χ1n) is 11.5. The number of carbonyl (C=O) groups excluding carboxylic acids is 2. The molecule has 0 bridgehead atoms. The molecular formula is C24H29N5O4. The van der Waals surface area contributed by atoms with Gasteiger partial charge in [-0.3, -0.25) is 24.7 Å². The van der Waals surface area contributed by atoms with Crippen molar-refractivity contribution in [1.29, 1.82) is 0 Å². The van der Waals surface area contributed by atoms with Gasteiger partial charge in [0.1, 0.15) is 6.04 Å². The lowest BCUT2D eigenvalue weighted by Crippen LogP contribution is -2.45. The number of hydrogen-bond donors (Lipinski definition) is 1. The molecule has 2 aliphatic heterocycles. The van der Waals surface area contributed by atoms with Crippen molar-refractivity contribution in [3.8, 4) is 0 Å². The monoisotopic (exact) mass is 451 g/mol. The average molecular weight is 452 g/mol. The molecule has 0 aromatic heterocycles. The third kappa shape index (κ3) is 5.85. The van der Waals surface area contributed by atoms with E-state index in [-0.39, 0.29) is 24.2 Å². The minimum absolute atomic E-state index is 0.0368. The van der Waals surface area contributed by atoms with Gasteiger partial charge in [0.25, 0.3) is 6.54 Å². The van der Waals surface area contributed by atoms with Gasteiger partial charge in [-0.1, -0.05) is 30.3 Å². The van der Waals surface area contributed by atoms with Gasteiger partial charge in [-0.15, -0.1) is 0 Å². The van der Waals surface area contributed by atoms with Crippen LogP contribution >= 0.6 is 0 Å². The second-order valence-corrected chi connectivity index (χ2v) is 8.61. The Labute approximate surface area is 192 Å². The number of carbonyl (C=O) groups is 2. The zero-order valence-corrected chi connectivity index (χ0v) is 18.6. The fraction of sp³-hybridized carbons (Fsp3) is 0.458. The van der Waals surface area contributed by atoms with Crippen LogP contribution in [0.4, 0.5) is 5.69 Å². The van der Waals surface area contributed by atoms with Gasteiger partial charge in [0.2, 0.25) is 11.8 Å². The van der Waals surface area contributed by atoms with Gasteiger partial charge in [-0.2, -0.15) is 0 Å². The maximum absolute atomic E-state index is 13.2. The van der Waals surface area contributed by atoms with Crippen LogP contribution in [0.2, 0.25) is 0 Å². The summed E-state index contributed by atoms with van der Waals surface area (Å²) in [4.78, 5) is 44.5. The lowest BCUT2D eigenvalue weighted by atomic mass is 10.1. The largest absolute Gasteiger partial charge is 0.341 e. The number of fused-ring (bicyclic) bond motifs is 1. The molecule has 2 fully saturated rings. The van der Waals surface area contributed by atoms with E-state index in [4.69, 9.17) is 0 Å². The summed E-state index contributed by atoms with van der Waals surface area (Å²) in [5.74, 6) is -0.132. The molecule has 0 spiro atoms. The van der Waals surface area contributed by atoms with Crippen LogP contribution in [-0.4, -0.2) is 71.1 Å². The van der Waals surface area contributed by atoms with Crippen LogP contribution in [0.5, 0.6) is 0 Å². The molecule has 1 atom stereocenters. The summed E-state index contributed by atoms with van der Waals surface area (Å²) in [6.07, 6.45) is 4.06. The summed E-state index contributed by atoms with van der Waals surface area (Å²) in [7, 11) is 0. The first-order chi connectivity index (χ1) is 16.0. The van der Waals surface area contributed by atoms with E-state index in [1.54, 1.807) is 9.80 Å². The van der Waals surface area contributed by atoms with Gasteiger partial charge < -0.3 is 15.1 Å². The standard InChI is InChI=1S/C24H29N5O4/c30-23(27-12-5-6-13-27)17-28-14-4-3-9-21(24(28)31)26-22(16-29(32)33)25-20-11-10-18-7-1-2-8-19(18)15-20/h1-2,7-8,10-11,15,21H,3-6,9,12-14,16-17H2,(H,25,26)/t21-/m0/s1. The number of likely N-dealkylation sites (tertiary alicyclic amines) is 2. The highest BCUT2D eigenvalue weighted by atomic mass is 16.6. The number of nitrogens with one attached hydrogen (secondary N) is 1. The lowest BCUT2D eigenvalue weighted by Gasteiger charge is -2.25. The number of nitro groups is 1. The first-order valence-corrected chi connectivity index (χ1v) is 11.5. The Balaban J connectivity index is 1.52. The Hall–Kier alpha value is -3.49. The number of rotatable bonds is 6. The van der Waals surface area contributed by atoms with Gasteiger partial charge in [-0.05, 0) is 55.0 Å². The van der Waals surface area contributed by atoms with E-state index in [0.717, 1.165) is 49.5 Å². The van der Waals surface area contributed by atoms with Crippen molar-refractivity contribution in [3.63, 3.8) is 0 Å². The number of amides is 2. The third-order valence-corrected chi connectivity index (χ3v) is 6.17. The number of nitrogens with zero attached hydrogens (tertiary/aromatic N) is 4. The number of hydrogen-bond acceptors (Lipinski definition) is 5. The van der Waals surface area contributed by atoms with Crippen molar-refractivity contribution in [3.05, 3.63) is 52.6 Å². The Bertz CT molecular complexity index is 1060. The molecule has 4 rings (SSSR count). The lowest BCUT2D eigenvalue weighted by molar-refractivity contribution is -0.463. The molecule has 2 amide bonds. The van der Waals surface area contributed by atoms with Gasteiger partial charge in [0, 0.05) is 30.2 Å². The van der Waals surface area contributed by atoms with Gasteiger partial charge in [0.05, 0.1) is 6.54 Å². The summed E-state index contributed by atoms with van der Waals surface area (Å²) in [6.45, 7) is 1.53. The molecule has 0 saturated carbocycles. The van der Waals surface area contributed by atoms with Gasteiger partial charge in [-0.25, -0.2) is 0 Å². The third-order valence-electron chi connectivity index (χ3n) is 6.17. The molecule has 9 heteroatoms. The molecular weight excluding hydrogens is 422 g/mol. The number of anilines is 1. The van der Waals surface area contributed by atoms with E-state index in [1.165, 1.54) is 0 Å². The van der Waals surface area contributed by atoms with E-state index in [1.807, 2.05) is 42.5 Å². The van der Waals surface area contributed by atoms with E-state index in [9.17, 15) is 19.7 Å². The minimum atomic E-state index is -0.734. The predicted octanol–water partition coefficient (Wildman–Crippen LogP) is 2.93. The Morgan fingerprint density at radius 1 is 1.06 bits per heavy atom. The van der Waals surface area contributed by atoms with Crippen molar-refractivity contribution in [2.45, 2.75) is 38.1 Å². The Morgan fingerprint density at radius 3 is 2.55 bits per heavy atom. The summed E-state index contributed by atoms with van der Waals surface area (Å²) < 4.78 is 0. The van der Waals surface area contributed by atoms with Crippen molar-refractivity contribution >= 4 is 34.1 Å². The smallest absolute Gasteiger partial charge is 0.260 e. The van der Waals surface area contributed by atoms with Crippen molar-refractivity contribution < 1.29 is 14.5 Å². The molecule has 9 nitrogen and oxygen atoms in total. The van der Waals surface area contributed by atoms with E-state index < -0.39 is 17.5 Å². The number of amidine groups is 1. The summed E-state index contributed by atoms with van der Waals surface area (Å²) in [5.41, 5.74) is 0.677. The molecule has 2 saturated heterocycles. The van der Waals surface area contributed by atoms with E-state index >= 15 is 0 Å². The quantitative estimate of drug-likeness (QED) is 0.314. The highest BCUT2D eigenvalue weighted by Crippen LogP contribution is 2.20. The molecule has 2 aromatic carbocycles. The molecule has 174 valence electrons. The topological polar surface area (TPSA) is 108 Å². The van der Waals surface area contributed by atoms with Crippen LogP contribution in [0.25, 0.3) is 10.8 Å². The highest BCUT2D eigenvalue weighted by Gasteiger charge is 2.30. The predicted molar refractivity (Wildman–Crippen MR) is 127 cm³/mol. The summed E-state index contributed by atoms with van der Waals surface area (Å²) in [6, 6.07) is 12.8. The van der Waals surface area contributed by atoms with E-state index in [2.05, 4.69) is 10.3 Å². The number of benzene rings is 2. The Morgan fingerprint density at radius 2 is 1.79 bits per heavy atom. The van der Waals surface area contributed by atoms with Crippen LogP contribution < -0.4 is 5.32 Å². The van der Waals surface area contributed by atoms with Gasteiger partial charge >= 0.3 is 0 Å². The summed E-state index contributed by atoms with van der Waals surface area (Å²) in [5, 5.41) is 16.4. The van der Waals surface area contributed by atoms with Crippen molar-refractivity contribution in [1.82, 2.24) is 9.80 Å². The van der Waals surface area contributed by atoms with Gasteiger partial charge in [0.15, 0.2) is 5.84 Å². The molecule has 1 N–H and O–H groups in total. The van der Waals surface area contributed by atoms with Crippen molar-refractivity contribution in [2.75, 3.05) is 38.0 Å². The fourth-order valence-corrected chi connectivity index (χ4v) is 4.45. The zero-order valence-electron chi connectivity index (χ0n) is 18.6. The normalized spacial score (nSPS) is 19.6. The Kier molecular flexibility index (Phi) is 7.16. The van der Waals surface area contributed by atoms with Crippen molar-refractivity contribution in [2.24, 2.45) is 4.99 Å². The van der Waals surface area contributed by atoms with Crippen LogP contribution in [0.1, 0.15) is 32.1 Å². The zero-order chi connectivity index (χ0) is 23.2. The molecule has 0 unspecified atom stereocenters. The average Bonchev–Trinajstić information content (AvgIpc) is 3.29.